The van der Waals surface area contributed by atoms with Crippen molar-refractivity contribution in [1.82, 2.24) is 10.3 Å². The zero-order valence-electron chi connectivity index (χ0n) is 39.6. The van der Waals surface area contributed by atoms with Gasteiger partial charge in [-0.2, -0.15) is 0 Å². The van der Waals surface area contributed by atoms with Crippen LogP contribution in [-0.4, -0.2) is 66.9 Å². The first-order valence-electron chi connectivity index (χ1n) is 24.6. The molecule has 0 aliphatic heterocycles. The number of aromatic nitrogens is 1. The van der Waals surface area contributed by atoms with Gasteiger partial charge in [0.1, 0.15) is 21.9 Å². The summed E-state index contributed by atoms with van der Waals surface area (Å²) >= 11 is 0. The largest absolute Gasteiger partial charge is 0.476 e. The maximum Gasteiger partial charge on any atom is 0.315 e. The van der Waals surface area contributed by atoms with E-state index < -0.39 is 20.9 Å². The number of aliphatic hydroxyl groups is 1. The molecule has 9 heteroatoms. The number of hydrogen-bond donors (Lipinski definition) is 2. The Morgan fingerprint density at radius 2 is 1.66 bits per heavy atom. The van der Waals surface area contributed by atoms with Crippen molar-refractivity contribution in [2.45, 2.75) is 174 Å². The number of carbonyl (C=O) groups excluding carboxylic acids is 1. The first kappa shape index (κ1) is 46.1. The fraction of sp³-hybridized carbons (Fsp3) is 0.774. The molecule has 7 aliphatic carbocycles. The Balaban J connectivity index is 1.00. The molecule has 0 spiro atoms. The van der Waals surface area contributed by atoms with E-state index in [-0.39, 0.29) is 45.0 Å². The van der Waals surface area contributed by atoms with Gasteiger partial charge in [0.2, 0.25) is 5.88 Å². The van der Waals surface area contributed by atoms with Crippen molar-refractivity contribution in [2.24, 2.45) is 56.7 Å². The molecule has 62 heavy (non-hydrogen) atoms. The number of ether oxygens (including phenoxy) is 2. The number of nitrogens with one attached hydrogen (secondary N) is 1. The lowest BCUT2D eigenvalue weighted by atomic mass is 9.33. The highest BCUT2D eigenvalue weighted by Gasteiger charge is 2.70. The van der Waals surface area contributed by atoms with Crippen LogP contribution in [0.3, 0.4) is 0 Å². The van der Waals surface area contributed by atoms with Gasteiger partial charge in [0, 0.05) is 24.1 Å². The monoisotopic (exact) mass is 873 g/mol. The van der Waals surface area contributed by atoms with Crippen molar-refractivity contribution in [3.05, 3.63) is 59.8 Å². The fourth-order valence-corrected chi connectivity index (χ4v) is 17.5. The molecule has 0 saturated heterocycles. The third-order valence-electron chi connectivity index (χ3n) is 20.0. The molecule has 1 heterocycles. The van der Waals surface area contributed by atoms with E-state index in [0.717, 1.165) is 19.4 Å². The van der Waals surface area contributed by atoms with E-state index in [4.69, 9.17) is 9.47 Å². The molecule has 10 atom stereocenters. The van der Waals surface area contributed by atoms with Crippen molar-refractivity contribution in [1.29, 1.82) is 0 Å². The Kier molecular flexibility index (Phi) is 12.2. The molecule has 0 aromatic carbocycles. The van der Waals surface area contributed by atoms with Crippen molar-refractivity contribution in [3.8, 4) is 5.88 Å². The zero-order chi connectivity index (χ0) is 44.6. The molecule has 1 unspecified atom stereocenters. The molecule has 1 aromatic rings. The lowest BCUT2D eigenvalue weighted by Gasteiger charge is -2.72. The molecule has 1 aromatic heterocycles. The van der Waals surface area contributed by atoms with Crippen LogP contribution in [0.4, 0.5) is 0 Å². The third-order valence-corrected chi connectivity index (χ3v) is 21.7. The maximum atomic E-state index is 13.6. The Labute approximate surface area is 374 Å². The van der Waals surface area contributed by atoms with Crippen molar-refractivity contribution < 1.29 is 27.8 Å². The number of pyridine rings is 1. The first-order valence-corrected chi connectivity index (χ1v) is 26.6. The highest BCUT2D eigenvalue weighted by molar-refractivity contribution is 7.91. The zero-order valence-corrected chi connectivity index (χ0v) is 40.4. The number of esters is 1. The topological polar surface area (TPSA) is 115 Å². The molecule has 5 fully saturated rings. The minimum Gasteiger partial charge on any atom is -0.476 e. The van der Waals surface area contributed by atoms with Gasteiger partial charge in [-0.1, -0.05) is 65.0 Å². The van der Waals surface area contributed by atoms with Crippen molar-refractivity contribution >= 4 is 15.8 Å². The summed E-state index contributed by atoms with van der Waals surface area (Å²) in [5, 5.41) is 15.5. The van der Waals surface area contributed by atoms with Gasteiger partial charge < -0.3 is 19.9 Å². The molecule has 8 rings (SSSR count). The number of rotatable bonds is 12. The molecule has 5 saturated carbocycles. The summed E-state index contributed by atoms with van der Waals surface area (Å²) in [6, 6.07) is 5.62. The van der Waals surface area contributed by atoms with Crippen LogP contribution in [0, 0.1) is 56.7 Å². The number of fused-ring (bicyclic) bond motifs is 7. The second-order valence-electron chi connectivity index (χ2n) is 23.2. The Bertz CT molecular complexity index is 2040. The van der Waals surface area contributed by atoms with Crippen molar-refractivity contribution in [2.75, 3.05) is 26.0 Å². The van der Waals surface area contributed by atoms with Crippen LogP contribution in [-0.2, 0) is 19.4 Å². The van der Waals surface area contributed by atoms with E-state index in [2.05, 4.69) is 70.6 Å². The Hall–Kier alpha value is -2.49. The molecular formula is C53H80N2O6S. The average molecular weight is 873 g/mol. The Morgan fingerprint density at radius 1 is 0.903 bits per heavy atom. The standard InChI is InChI=1S/C53H80N2O6S/c1-10-60-46(56)51(35-61-44-13-11-12-33-54-44)25-16-37(17-26-51)40-21-23-48(6)42(47(40,4)5)22-24-50(8)43(48)15-14-41-45-39(36(2)3)20-29-53(45,31-30-49(41,50)7)55-34-32-52(57)27-18-38(19-28-52)62(9,58)59/h11-13,16,21,33,38-39,41-43,45,55,57H,2,10,14-15,17-20,22-32,34-35H2,1,3-9H3/t38?,39-,41+,42-,43+,45+,48-,49+,50+,51?,52?,53-/m0/s1. The van der Waals surface area contributed by atoms with Crippen LogP contribution in [0.15, 0.2) is 59.8 Å². The van der Waals surface area contributed by atoms with Gasteiger partial charge in [-0.05, 0) is 198 Å². The lowest BCUT2D eigenvalue weighted by Crippen LogP contribution is -2.68. The predicted octanol–water partition coefficient (Wildman–Crippen LogP) is 10.8. The molecule has 0 bridgehead atoms. The summed E-state index contributed by atoms with van der Waals surface area (Å²) in [5.41, 5.74) is 3.50. The van der Waals surface area contributed by atoms with Crippen LogP contribution in [0.25, 0.3) is 0 Å². The molecule has 7 aliphatic rings. The van der Waals surface area contributed by atoms with E-state index in [1.54, 1.807) is 6.20 Å². The summed E-state index contributed by atoms with van der Waals surface area (Å²) in [6.07, 6.45) is 24.1. The molecule has 8 nitrogen and oxygen atoms in total. The smallest absolute Gasteiger partial charge is 0.315 e. The van der Waals surface area contributed by atoms with Gasteiger partial charge in [-0.15, -0.1) is 0 Å². The normalized spacial score (nSPS) is 42.5. The first-order chi connectivity index (χ1) is 29.2. The van der Waals surface area contributed by atoms with Gasteiger partial charge in [0.25, 0.3) is 0 Å². The highest BCUT2D eigenvalue weighted by Crippen LogP contribution is 2.76. The molecule has 344 valence electrons. The third kappa shape index (κ3) is 7.59. The van der Waals surface area contributed by atoms with E-state index >= 15 is 0 Å². The molecule has 0 radical (unpaired) electrons. The average Bonchev–Trinajstić information content (AvgIpc) is 3.61. The summed E-state index contributed by atoms with van der Waals surface area (Å²) < 4.78 is 36.3. The van der Waals surface area contributed by atoms with Gasteiger partial charge in [0.15, 0.2) is 0 Å². The van der Waals surface area contributed by atoms with Gasteiger partial charge in [-0.25, -0.2) is 13.4 Å². The minimum atomic E-state index is -3.07. The van der Waals surface area contributed by atoms with Gasteiger partial charge in [0.05, 0.1) is 17.5 Å². The predicted molar refractivity (Wildman–Crippen MR) is 248 cm³/mol. The summed E-state index contributed by atoms with van der Waals surface area (Å²) in [6.45, 7) is 23.3. The molecule has 2 N–H and O–H groups in total. The minimum absolute atomic E-state index is 0.0164. The SMILES string of the molecule is C=C(C)[C@@H]1CC[C@]2(NCCC3(O)CCC(S(C)(=O)=O)CC3)CC[C@]3(C)[C@H](CC[C@@H]4[C@@]5(C)CC=C(C6=CCC(COc7ccccn7)(C(=O)OCC)CC6)C(C)(C)[C@@H]5CC[C@]43C)[C@@H]12. The van der Waals surface area contributed by atoms with Crippen LogP contribution in [0.2, 0.25) is 0 Å². The summed E-state index contributed by atoms with van der Waals surface area (Å²) in [7, 11) is -3.07. The van der Waals surface area contributed by atoms with Crippen LogP contribution >= 0.6 is 0 Å². The van der Waals surface area contributed by atoms with E-state index in [1.165, 1.54) is 74.3 Å². The molecule has 0 amide bonds. The van der Waals surface area contributed by atoms with Gasteiger partial charge >= 0.3 is 5.97 Å². The van der Waals surface area contributed by atoms with Crippen molar-refractivity contribution in [3.63, 3.8) is 0 Å². The second-order valence-corrected chi connectivity index (χ2v) is 25.5. The van der Waals surface area contributed by atoms with Crippen LogP contribution in [0.5, 0.6) is 5.88 Å². The number of nitrogens with zero attached hydrogens (tertiary/aromatic N) is 1. The highest BCUT2D eigenvalue weighted by atomic mass is 32.2. The number of carbonyl (C=O) groups is 1. The fourth-order valence-electron chi connectivity index (χ4n) is 16.4. The van der Waals surface area contributed by atoms with Crippen LogP contribution in [0.1, 0.15) is 158 Å². The van der Waals surface area contributed by atoms with E-state index in [9.17, 15) is 18.3 Å². The number of allylic oxidation sites excluding steroid dienone is 5. The number of sulfone groups is 1. The van der Waals surface area contributed by atoms with Gasteiger partial charge in [-0.3, -0.25) is 4.79 Å². The maximum absolute atomic E-state index is 13.6. The number of hydrogen-bond acceptors (Lipinski definition) is 8. The molecular weight excluding hydrogens is 793 g/mol. The quantitative estimate of drug-likeness (QED) is 0.158. The van der Waals surface area contributed by atoms with E-state index in [0.29, 0.717) is 87.0 Å². The van der Waals surface area contributed by atoms with E-state index in [1.807, 2.05) is 25.1 Å². The summed E-state index contributed by atoms with van der Waals surface area (Å²) in [4.78, 5) is 17.9. The Morgan fingerprint density at radius 3 is 2.31 bits per heavy atom. The van der Waals surface area contributed by atoms with Crippen LogP contribution < -0.4 is 10.1 Å². The second kappa shape index (κ2) is 16.4. The summed E-state index contributed by atoms with van der Waals surface area (Å²) in [5.74, 6) is 3.28. The lowest BCUT2D eigenvalue weighted by molar-refractivity contribution is -0.221.